The number of sulfone groups is 1. The van der Waals surface area contributed by atoms with Gasteiger partial charge in [-0.2, -0.15) is 26.3 Å². The largest absolute Gasteiger partial charge is 0.430 e. The molecule has 0 aromatic heterocycles. The number of piperazine rings is 1. The molecule has 0 spiro atoms. The van der Waals surface area contributed by atoms with E-state index in [1.807, 2.05) is 0 Å². The molecule has 2 aromatic carbocycles. The number of likely N-dealkylation sites (tertiary alicyclic amines) is 1. The fourth-order valence-electron chi connectivity index (χ4n) is 6.37. The Kier molecular flexibility index (Phi) is 12.5. The second-order valence-electron chi connectivity index (χ2n) is 12.6. The SMILES string of the molecule is C=Cc1cc(S(=O)(=O)[C@@H]2CN(C(=O)N3CCN(C(C)=O)CC3)C[C@H]2C(=C)/C=C\C(=C/C)C(OCc2c(F)cccc2F)(C(F)(F)F)C(F)(F)F)ccc1F. The number of benzene rings is 2. The van der Waals surface area contributed by atoms with Gasteiger partial charge in [-0.15, -0.1) is 0 Å². The lowest BCUT2D eigenvalue weighted by atomic mass is 9.89. The van der Waals surface area contributed by atoms with E-state index in [1.54, 1.807) is 0 Å². The van der Waals surface area contributed by atoms with Crippen LogP contribution in [0.5, 0.6) is 0 Å². The zero-order valence-electron chi connectivity index (χ0n) is 29.0. The van der Waals surface area contributed by atoms with Crippen LogP contribution in [0.25, 0.3) is 6.08 Å². The Labute approximate surface area is 305 Å². The van der Waals surface area contributed by atoms with Crippen LogP contribution >= 0.6 is 0 Å². The third kappa shape index (κ3) is 8.23. The van der Waals surface area contributed by atoms with Crippen LogP contribution in [0.1, 0.15) is 25.0 Å². The summed E-state index contributed by atoms with van der Waals surface area (Å²) in [6.45, 7) is 7.28. The average molecular weight is 794 g/mol. The molecule has 0 saturated carbocycles. The quantitative estimate of drug-likeness (QED) is 0.144. The summed E-state index contributed by atoms with van der Waals surface area (Å²) < 4.78 is 163. The van der Waals surface area contributed by atoms with Gasteiger partial charge < -0.3 is 19.4 Å². The monoisotopic (exact) mass is 793 g/mol. The summed E-state index contributed by atoms with van der Waals surface area (Å²) in [5.41, 5.74) is -8.36. The lowest BCUT2D eigenvalue weighted by Crippen LogP contribution is -2.59. The molecular formula is C36H36F9N3O5S. The first kappa shape index (κ1) is 42.2. The number of rotatable bonds is 10. The molecule has 2 heterocycles. The zero-order valence-corrected chi connectivity index (χ0v) is 29.8. The Bertz CT molecular complexity index is 1920. The first-order chi connectivity index (χ1) is 25.1. The number of nitrogens with zero attached hydrogens (tertiary/aromatic N) is 3. The highest BCUT2D eigenvalue weighted by Crippen LogP contribution is 2.51. The van der Waals surface area contributed by atoms with Gasteiger partial charge in [0, 0.05) is 63.2 Å². The predicted molar refractivity (Wildman–Crippen MR) is 180 cm³/mol. The Balaban J connectivity index is 1.73. The molecule has 0 unspecified atom stereocenters. The maximum Gasteiger partial charge on any atom is 0.430 e. The highest BCUT2D eigenvalue weighted by atomic mass is 32.2. The lowest BCUT2D eigenvalue weighted by molar-refractivity contribution is -0.367. The van der Waals surface area contributed by atoms with E-state index in [0.717, 1.165) is 48.2 Å². The van der Waals surface area contributed by atoms with Crippen molar-refractivity contribution in [2.24, 2.45) is 5.92 Å². The van der Waals surface area contributed by atoms with Crippen LogP contribution in [0.15, 0.2) is 83.8 Å². The van der Waals surface area contributed by atoms with Crippen LogP contribution in [0.2, 0.25) is 0 Å². The van der Waals surface area contributed by atoms with E-state index in [4.69, 9.17) is 0 Å². The molecule has 2 saturated heterocycles. The van der Waals surface area contributed by atoms with Crippen molar-refractivity contribution in [3.05, 3.63) is 108 Å². The molecule has 8 nitrogen and oxygen atoms in total. The van der Waals surface area contributed by atoms with Gasteiger partial charge in [0.1, 0.15) is 17.5 Å². The van der Waals surface area contributed by atoms with Crippen LogP contribution in [0, 0.1) is 23.4 Å². The van der Waals surface area contributed by atoms with E-state index < -0.39 is 98.2 Å². The third-order valence-corrected chi connectivity index (χ3v) is 11.6. The van der Waals surface area contributed by atoms with Crippen molar-refractivity contribution in [2.45, 2.75) is 48.6 Å². The van der Waals surface area contributed by atoms with Crippen molar-refractivity contribution in [1.82, 2.24) is 14.7 Å². The summed E-state index contributed by atoms with van der Waals surface area (Å²) in [5, 5.41) is -1.57. The molecule has 2 aliphatic heterocycles. The number of hydrogen-bond acceptors (Lipinski definition) is 5. The molecule has 0 N–H and O–H groups in total. The van der Waals surface area contributed by atoms with Crippen molar-refractivity contribution < 1.29 is 62.3 Å². The third-order valence-electron chi connectivity index (χ3n) is 9.41. The molecular weight excluding hydrogens is 757 g/mol. The number of hydrogen-bond donors (Lipinski definition) is 0. The standard InChI is InChI=1S/C36H36F9N3O5S/c1-5-24-18-26(12-13-29(24)37)54(51,52)32-20-48(33(50)47-16-14-46(15-17-47)23(4)49)19-27(32)22(3)10-11-25(6-2)34(35(40,41)42,36(43,44)45)53-21-28-30(38)8-7-9-31(28)39/h5-13,18,27,32H,1,3,14-17,19-21H2,2,4H3/b11-10-,25-6+/t27-,32+/m0/s1. The number of alkyl halides is 6. The summed E-state index contributed by atoms with van der Waals surface area (Å²) >= 11 is 0. The van der Waals surface area contributed by atoms with Crippen LogP contribution in [-0.4, -0.2) is 97.5 Å². The molecule has 0 aliphatic carbocycles. The molecule has 2 aliphatic rings. The first-order valence-corrected chi connectivity index (χ1v) is 17.8. The molecule has 2 atom stereocenters. The minimum absolute atomic E-state index is 0.0942. The number of ether oxygens (including phenoxy) is 1. The zero-order chi connectivity index (χ0) is 40.4. The van der Waals surface area contributed by atoms with Crippen LogP contribution in [0.4, 0.5) is 44.3 Å². The first-order valence-electron chi connectivity index (χ1n) is 16.3. The van der Waals surface area contributed by atoms with Crippen LogP contribution in [-0.2, 0) is 26.0 Å². The van der Waals surface area contributed by atoms with Crippen molar-refractivity contribution in [3.8, 4) is 0 Å². The molecule has 294 valence electrons. The van der Waals surface area contributed by atoms with Gasteiger partial charge in [-0.05, 0) is 48.4 Å². The molecule has 2 aromatic rings. The number of carbonyl (C=O) groups is 2. The number of amides is 3. The highest BCUT2D eigenvalue weighted by Gasteiger charge is 2.73. The minimum atomic E-state index is -6.25. The van der Waals surface area contributed by atoms with Crippen molar-refractivity contribution >= 4 is 27.9 Å². The molecule has 0 radical (unpaired) electrons. The Morgan fingerprint density at radius 3 is 1.96 bits per heavy atom. The lowest BCUT2D eigenvalue weighted by Gasteiger charge is -2.38. The molecule has 18 heteroatoms. The van der Waals surface area contributed by atoms with Gasteiger partial charge >= 0.3 is 18.4 Å². The summed E-state index contributed by atoms with van der Waals surface area (Å²) in [6.07, 6.45) is -9.92. The Hall–Kier alpha value is -4.58. The molecule has 54 heavy (non-hydrogen) atoms. The van der Waals surface area contributed by atoms with E-state index in [9.17, 15) is 57.5 Å². The van der Waals surface area contributed by atoms with Gasteiger partial charge in [-0.25, -0.2) is 26.4 Å². The summed E-state index contributed by atoms with van der Waals surface area (Å²) in [5.74, 6) is -5.23. The van der Waals surface area contributed by atoms with E-state index >= 15 is 0 Å². The molecule has 2 fully saturated rings. The summed E-state index contributed by atoms with van der Waals surface area (Å²) in [7, 11) is -4.51. The molecule has 4 rings (SSSR count). The van der Waals surface area contributed by atoms with Gasteiger partial charge in [0.25, 0.3) is 5.60 Å². The Morgan fingerprint density at radius 1 is 0.870 bits per heavy atom. The van der Waals surface area contributed by atoms with Gasteiger partial charge in [0.05, 0.1) is 16.8 Å². The summed E-state index contributed by atoms with van der Waals surface area (Å²) in [4.78, 5) is 29.0. The number of halogens is 9. The average Bonchev–Trinajstić information content (AvgIpc) is 3.56. The van der Waals surface area contributed by atoms with Crippen LogP contribution < -0.4 is 0 Å². The van der Waals surface area contributed by atoms with Gasteiger partial charge in [0.2, 0.25) is 5.91 Å². The maximum atomic E-state index is 14.6. The number of carbonyl (C=O) groups excluding carboxylic acids is 2. The normalized spacial score (nSPS) is 19.1. The smallest absolute Gasteiger partial charge is 0.349 e. The maximum absolute atomic E-state index is 14.6. The second kappa shape index (κ2) is 16.0. The van der Waals surface area contributed by atoms with Gasteiger partial charge in [-0.3, -0.25) is 4.79 Å². The highest BCUT2D eigenvalue weighted by molar-refractivity contribution is 7.92. The minimum Gasteiger partial charge on any atom is -0.349 e. The summed E-state index contributed by atoms with van der Waals surface area (Å²) in [6, 6.07) is 4.30. The van der Waals surface area contributed by atoms with E-state index in [-0.39, 0.29) is 43.2 Å². The van der Waals surface area contributed by atoms with Gasteiger partial charge in [0.15, 0.2) is 9.84 Å². The second-order valence-corrected chi connectivity index (χ2v) is 14.7. The number of allylic oxidation sites excluding steroid dienone is 2. The molecule has 3 amide bonds. The van der Waals surface area contributed by atoms with Crippen molar-refractivity contribution in [2.75, 3.05) is 39.3 Å². The van der Waals surface area contributed by atoms with Crippen molar-refractivity contribution in [3.63, 3.8) is 0 Å². The van der Waals surface area contributed by atoms with E-state index in [2.05, 4.69) is 17.9 Å². The number of urea groups is 1. The van der Waals surface area contributed by atoms with Crippen LogP contribution in [0.3, 0.4) is 0 Å². The Morgan fingerprint density at radius 2 is 1.44 bits per heavy atom. The predicted octanol–water partition coefficient (Wildman–Crippen LogP) is 7.24. The van der Waals surface area contributed by atoms with Gasteiger partial charge in [-0.1, -0.05) is 43.5 Å². The van der Waals surface area contributed by atoms with E-state index in [0.29, 0.717) is 24.3 Å². The topological polar surface area (TPSA) is 87.2 Å². The fraction of sp³-hybridized carbons (Fsp3) is 0.389. The van der Waals surface area contributed by atoms with E-state index in [1.165, 1.54) is 16.7 Å². The van der Waals surface area contributed by atoms with Crippen molar-refractivity contribution in [1.29, 1.82) is 0 Å². The molecule has 0 bridgehead atoms. The fourth-order valence-corrected chi connectivity index (χ4v) is 8.33.